The molecule has 2 heterocycles. The lowest BCUT2D eigenvalue weighted by Crippen LogP contribution is -2.41. The van der Waals surface area contributed by atoms with E-state index in [0.29, 0.717) is 0 Å². The highest BCUT2D eigenvalue weighted by molar-refractivity contribution is 5.85. The van der Waals surface area contributed by atoms with Crippen LogP contribution in [0.25, 0.3) is 10.8 Å². The Kier molecular flexibility index (Phi) is 6.48. The molecule has 2 aromatic carbocycles. The summed E-state index contributed by atoms with van der Waals surface area (Å²) in [6.07, 6.45) is 5.05. The first-order chi connectivity index (χ1) is 13.8. The van der Waals surface area contributed by atoms with Crippen LogP contribution in [0.5, 0.6) is 0 Å². The Labute approximate surface area is 169 Å². The quantitative estimate of drug-likeness (QED) is 0.613. The number of guanidine groups is 1. The Balaban J connectivity index is 1.36. The van der Waals surface area contributed by atoms with Gasteiger partial charge in [0.25, 0.3) is 0 Å². The van der Waals surface area contributed by atoms with Gasteiger partial charge in [-0.05, 0) is 68.0 Å². The van der Waals surface area contributed by atoms with E-state index >= 15 is 0 Å². The number of nitrogens with one attached hydrogen (secondary N) is 1. The molecule has 0 aromatic heterocycles. The van der Waals surface area contributed by atoms with E-state index in [4.69, 9.17) is 4.99 Å². The highest BCUT2D eigenvalue weighted by atomic mass is 15.3. The van der Waals surface area contributed by atoms with Gasteiger partial charge in [-0.15, -0.1) is 0 Å². The zero-order valence-corrected chi connectivity index (χ0v) is 17.2. The highest BCUT2D eigenvalue weighted by Gasteiger charge is 2.27. The van der Waals surface area contributed by atoms with Crippen molar-refractivity contribution in [3.63, 3.8) is 0 Å². The standard InChI is InChI=1S/C24H34N4/c1-2-25-24(28-17-13-20(19-28)18-27-15-5-6-16-27)26-14-12-22-10-7-9-21-8-3-4-11-23(21)22/h3-4,7-11,20H,2,5-6,12-19H2,1H3,(H,25,26). The Bertz CT molecular complexity index is 789. The average Bonchev–Trinajstić information content (AvgIpc) is 3.40. The number of benzene rings is 2. The van der Waals surface area contributed by atoms with Crippen molar-refractivity contribution in [1.82, 2.24) is 15.1 Å². The van der Waals surface area contributed by atoms with Gasteiger partial charge in [0.1, 0.15) is 0 Å². The SMILES string of the molecule is CCNC(=NCCc1cccc2ccccc12)N1CCC(CN2CCCC2)C1. The van der Waals surface area contributed by atoms with E-state index in [-0.39, 0.29) is 0 Å². The summed E-state index contributed by atoms with van der Waals surface area (Å²) in [5.41, 5.74) is 1.39. The van der Waals surface area contributed by atoms with Gasteiger partial charge in [0.15, 0.2) is 5.96 Å². The molecule has 0 spiro atoms. The summed E-state index contributed by atoms with van der Waals surface area (Å²) in [5, 5.41) is 6.20. The lowest BCUT2D eigenvalue weighted by atomic mass is 10.0. The van der Waals surface area contributed by atoms with Gasteiger partial charge in [0.2, 0.25) is 0 Å². The third kappa shape index (κ3) is 4.67. The molecule has 0 bridgehead atoms. The second-order valence-corrected chi connectivity index (χ2v) is 8.23. The summed E-state index contributed by atoms with van der Waals surface area (Å²) in [6, 6.07) is 15.3. The monoisotopic (exact) mass is 378 g/mol. The Morgan fingerprint density at radius 2 is 1.89 bits per heavy atom. The zero-order chi connectivity index (χ0) is 19.2. The molecular formula is C24H34N4. The third-order valence-corrected chi connectivity index (χ3v) is 6.16. The first-order valence-electron chi connectivity index (χ1n) is 11.1. The summed E-state index contributed by atoms with van der Waals surface area (Å²) >= 11 is 0. The second-order valence-electron chi connectivity index (χ2n) is 8.23. The van der Waals surface area contributed by atoms with Gasteiger partial charge < -0.3 is 15.1 Å². The molecule has 2 aliphatic rings. The summed E-state index contributed by atoms with van der Waals surface area (Å²) in [4.78, 5) is 10.1. The molecule has 2 saturated heterocycles. The Morgan fingerprint density at radius 1 is 1.07 bits per heavy atom. The van der Waals surface area contributed by atoms with Crippen molar-refractivity contribution in [2.45, 2.75) is 32.6 Å². The fraction of sp³-hybridized carbons (Fsp3) is 0.542. The molecular weight excluding hydrogens is 344 g/mol. The van der Waals surface area contributed by atoms with Crippen LogP contribution in [0.3, 0.4) is 0 Å². The zero-order valence-electron chi connectivity index (χ0n) is 17.2. The van der Waals surface area contributed by atoms with Gasteiger partial charge in [-0.25, -0.2) is 0 Å². The number of aliphatic imine (C=N–C) groups is 1. The van der Waals surface area contributed by atoms with Crippen LogP contribution in [0.15, 0.2) is 47.5 Å². The molecule has 0 aliphatic carbocycles. The molecule has 0 radical (unpaired) electrons. The van der Waals surface area contributed by atoms with Crippen molar-refractivity contribution in [1.29, 1.82) is 0 Å². The Morgan fingerprint density at radius 3 is 2.75 bits per heavy atom. The van der Waals surface area contributed by atoms with E-state index in [1.54, 1.807) is 0 Å². The third-order valence-electron chi connectivity index (χ3n) is 6.16. The van der Waals surface area contributed by atoms with Gasteiger partial charge >= 0.3 is 0 Å². The normalized spacial score (nSPS) is 21.0. The summed E-state index contributed by atoms with van der Waals surface area (Å²) in [7, 11) is 0. The number of nitrogens with zero attached hydrogens (tertiary/aromatic N) is 3. The average molecular weight is 379 g/mol. The lowest BCUT2D eigenvalue weighted by molar-refractivity contribution is 0.281. The van der Waals surface area contributed by atoms with Crippen LogP contribution in [-0.4, -0.2) is 61.6 Å². The molecule has 4 heteroatoms. The molecule has 1 N–H and O–H groups in total. The van der Waals surface area contributed by atoms with E-state index in [9.17, 15) is 0 Å². The van der Waals surface area contributed by atoms with E-state index in [1.807, 2.05) is 0 Å². The van der Waals surface area contributed by atoms with Crippen LogP contribution in [0.4, 0.5) is 0 Å². The predicted octanol–water partition coefficient (Wildman–Crippen LogP) is 3.77. The second kappa shape index (κ2) is 9.42. The maximum atomic E-state index is 4.98. The van der Waals surface area contributed by atoms with Gasteiger partial charge in [-0.1, -0.05) is 42.5 Å². The molecule has 1 atom stereocenters. The molecule has 0 saturated carbocycles. The maximum absolute atomic E-state index is 4.98. The maximum Gasteiger partial charge on any atom is 0.193 e. The van der Waals surface area contributed by atoms with Crippen LogP contribution in [0.1, 0.15) is 31.7 Å². The molecule has 0 amide bonds. The highest BCUT2D eigenvalue weighted by Crippen LogP contribution is 2.21. The number of fused-ring (bicyclic) bond motifs is 1. The first-order valence-corrected chi connectivity index (χ1v) is 11.1. The topological polar surface area (TPSA) is 30.9 Å². The molecule has 2 aromatic rings. The Hall–Kier alpha value is -2.07. The van der Waals surface area contributed by atoms with Crippen LogP contribution in [0, 0.1) is 5.92 Å². The van der Waals surface area contributed by atoms with Gasteiger partial charge in [-0.2, -0.15) is 0 Å². The number of hydrogen-bond acceptors (Lipinski definition) is 2. The molecule has 4 nitrogen and oxygen atoms in total. The smallest absolute Gasteiger partial charge is 0.193 e. The van der Waals surface area contributed by atoms with E-state index < -0.39 is 0 Å². The fourth-order valence-corrected chi connectivity index (χ4v) is 4.72. The summed E-state index contributed by atoms with van der Waals surface area (Å²) in [5.74, 6) is 1.90. The van der Waals surface area contributed by atoms with E-state index in [0.717, 1.165) is 44.5 Å². The van der Waals surface area contributed by atoms with Crippen LogP contribution in [0.2, 0.25) is 0 Å². The van der Waals surface area contributed by atoms with Gasteiger partial charge in [0, 0.05) is 32.7 Å². The number of rotatable bonds is 6. The lowest BCUT2D eigenvalue weighted by Gasteiger charge is -2.23. The molecule has 28 heavy (non-hydrogen) atoms. The van der Waals surface area contributed by atoms with Crippen molar-refractivity contribution in [2.24, 2.45) is 10.9 Å². The molecule has 1 unspecified atom stereocenters. The predicted molar refractivity (Wildman–Crippen MR) is 119 cm³/mol. The van der Waals surface area contributed by atoms with Crippen molar-refractivity contribution >= 4 is 16.7 Å². The molecule has 150 valence electrons. The minimum Gasteiger partial charge on any atom is -0.357 e. The van der Waals surface area contributed by atoms with Crippen molar-refractivity contribution in [2.75, 3.05) is 45.8 Å². The number of likely N-dealkylation sites (tertiary alicyclic amines) is 2. The molecule has 2 aliphatic heterocycles. The summed E-state index contributed by atoms with van der Waals surface area (Å²) < 4.78 is 0. The van der Waals surface area contributed by atoms with Gasteiger partial charge in [-0.3, -0.25) is 4.99 Å². The van der Waals surface area contributed by atoms with Crippen molar-refractivity contribution in [3.05, 3.63) is 48.0 Å². The largest absolute Gasteiger partial charge is 0.357 e. The molecule has 2 fully saturated rings. The minimum absolute atomic E-state index is 0.792. The molecule has 4 rings (SSSR count). The van der Waals surface area contributed by atoms with Crippen LogP contribution in [-0.2, 0) is 6.42 Å². The van der Waals surface area contributed by atoms with Crippen molar-refractivity contribution < 1.29 is 0 Å². The number of hydrogen-bond donors (Lipinski definition) is 1. The van der Waals surface area contributed by atoms with Crippen molar-refractivity contribution in [3.8, 4) is 0 Å². The van der Waals surface area contributed by atoms with E-state index in [1.165, 1.54) is 55.2 Å². The minimum atomic E-state index is 0.792. The van der Waals surface area contributed by atoms with Crippen LogP contribution >= 0.6 is 0 Å². The fourth-order valence-electron chi connectivity index (χ4n) is 4.72. The van der Waals surface area contributed by atoms with Crippen LogP contribution < -0.4 is 5.32 Å². The summed E-state index contributed by atoms with van der Waals surface area (Å²) in [6.45, 7) is 10.1. The van der Waals surface area contributed by atoms with Gasteiger partial charge in [0.05, 0.1) is 0 Å². The first kappa shape index (κ1) is 19.3. The van der Waals surface area contributed by atoms with E-state index in [2.05, 4.69) is 64.5 Å².